The van der Waals surface area contributed by atoms with Crippen LogP contribution >= 0.6 is 0 Å². The largest absolute Gasteiger partial charge is 0.507 e. The maximum Gasteiger partial charge on any atom is 0.174 e. The minimum atomic E-state index is -0.525. The molecule has 1 heterocycles. The number of hydrogen-bond acceptors (Lipinski definition) is 3. The van der Waals surface area contributed by atoms with Crippen molar-refractivity contribution in [2.75, 3.05) is 0 Å². The lowest BCUT2D eigenvalue weighted by Crippen LogP contribution is -2.36. The van der Waals surface area contributed by atoms with E-state index in [2.05, 4.69) is 19.1 Å². The Morgan fingerprint density at radius 2 is 1.92 bits per heavy atom. The van der Waals surface area contributed by atoms with Gasteiger partial charge in [-0.05, 0) is 55.9 Å². The Balaban J connectivity index is 1.82. The molecule has 0 aromatic heterocycles. The molecule has 1 atom stereocenters. The van der Waals surface area contributed by atoms with Gasteiger partial charge < -0.3 is 9.84 Å². The Morgan fingerprint density at radius 3 is 2.62 bits per heavy atom. The summed E-state index contributed by atoms with van der Waals surface area (Å²) in [6.45, 7) is 5.94. The maximum atomic E-state index is 12.3. The number of hydrogen-bond donors (Lipinski definition) is 1. The van der Waals surface area contributed by atoms with Crippen molar-refractivity contribution in [3.05, 3.63) is 59.2 Å². The normalized spacial score (nSPS) is 17.0. The Kier molecular flexibility index (Phi) is 4.35. The molecule has 0 aliphatic carbocycles. The number of ketones is 1. The lowest BCUT2D eigenvalue weighted by atomic mass is 9.88. The molecule has 2 aromatic carbocycles. The minimum absolute atomic E-state index is 0.0366. The highest BCUT2D eigenvalue weighted by Gasteiger charge is 2.34. The van der Waals surface area contributed by atoms with E-state index in [0.717, 1.165) is 18.4 Å². The van der Waals surface area contributed by atoms with Gasteiger partial charge in [-0.3, -0.25) is 4.79 Å². The third-order valence-electron chi connectivity index (χ3n) is 4.63. The van der Waals surface area contributed by atoms with Gasteiger partial charge in [0, 0.05) is 0 Å². The van der Waals surface area contributed by atoms with E-state index in [1.165, 1.54) is 5.56 Å². The highest BCUT2D eigenvalue weighted by Crippen LogP contribution is 2.40. The van der Waals surface area contributed by atoms with Crippen LogP contribution in [0.3, 0.4) is 0 Å². The fourth-order valence-electron chi connectivity index (χ4n) is 3.27. The summed E-state index contributed by atoms with van der Waals surface area (Å²) in [6.07, 6.45) is 2.24. The summed E-state index contributed by atoms with van der Waals surface area (Å²) >= 11 is 0. The summed E-state index contributed by atoms with van der Waals surface area (Å²) in [6, 6.07) is 14.0. The van der Waals surface area contributed by atoms with Crippen molar-refractivity contribution >= 4 is 5.78 Å². The van der Waals surface area contributed by atoms with Crippen LogP contribution in [0.1, 0.15) is 61.0 Å². The third-order valence-corrected chi connectivity index (χ3v) is 4.63. The maximum absolute atomic E-state index is 12.3. The predicted octanol–water partition coefficient (Wildman–Crippen LogP) is 4.87. The Morgan fingerprint density at radius 1 is 1.21 bits per heavy atom. The molecule has 0 saturated carbocycles. The van der Waals surface area contributed by atoms with Gasteiger partial charge in [-0.2, -0.15) is 0 Å². The first-order valence-corrected chi connectivity index (χ1v) is 8.49. The molecule has 3 heteroatoms. The molecule has 24 heavy (non-hydrogen) atoms. The lowest BCUT2D eigenvalue weighted by molar-refractivity contribution is 0.0613. The number of aromatic hydroxyl groups is 1. The lowest BCUT2D eigenvalue weighted by Gasteiger charge is -2.32. The number of phenols is 1. The Hall–Kier alpha value is -2.29. The van der Waals surface area contributed by atoms with Crippen molar-refractivity contribution in [2.45, 2.75) is 51.6 Å². The second-order valence-corrected chi connectivity index (χ2v) is 7.30. The molecular weight excluding hydrogens is 300 g/mol. The molecule has 0 spiro atoms. The van der Waals surface area contributed by atoms with Crippen LogP contribution in [0.5, 0.6) is 11.5 Å². The average molecular weight is 324 g/mol. The Labute approximate surface area is 143 Å². The number of ether oxygens (including phenoxy) is 1. The molecule has 0 saturated heterocycles. The topological polar surface area (TPSA) is 46.5 Å². The van der Waals surface area contributed by atoms with Gasteiger partial charge in [0.2, 0.25) is 0 Å². The van der Waals surface area contributed by atoms with Gasteiger partial charge in [-0.25, -0.2) is 0 Å². The number of rotatable bonds is 4. The molecule has 3 nitrogen and oxygen atoms in total. The number of phenolic OH excluding ortho intramolecular Hbond substituents is 1. The standard InChI is InChI=1S/C21H24O3/c1-14(9-10-15-7-5-4-6-8-15)16-11-17(22)20-18(23)13-21(2,3)24-19(20)12-16/h4-8,11-12,14,22H,9-10,13H2,1-3H3. The van der Waals surface area contributed by atoms with Gasteiger partial charge >= 0.3 is 0 Å². The molecule has 1 aliphatic heterocycles. The first-order valence-electron chi connectivity index (χ1n) is 8.49. The first-order chi connectivity index (χ1) is 11.4. The highest BCUT2D eigenvalue weighted by atomic mass is 16.5. The van der Waals surface area contributed by atoms with Gasteiger partial charge in [0.05, 0.1) is 6.42 Å². The van der Waals surface area contributed by atoms with Crippen LogP contribution in [0.2, 0.25) is 0 Å². The van der Waals surface area contributed by atoms with E-state index in [4.69, 9.17) is 4.74 Å². The molecular formula is C21H24O3. The zero-order valence-corrected chi connectivity index (χ0v) is 14.5. The number of fused-ring (bicyclic) bond motifs is 1. The van der Waals surface area contributed by atoms with Crippen LogP contribution in [-0.2, 0) is 6.42 Å². The predicted molar refractivity (Wildman–Crippen MR) is 94.9 cm³/mol. The van der Waals surface area contributed by atoms with E-state index in [-0.39, 0.29) is 23.9 Å². The minimum Gasteiger partial charge on any atom is -0.507 e. The van der Waals surface area contributed by atoms with Crippen molar-refractivity contribution < 1.29 is 14.6 Å². The zero-order valence-electron chi connectivity index (χ0n) is 14.5. The van der Waals surface area contributed by atoms with E-state index in [1.54, 1.807) is 6.07 Å². The summed E-state index contributed by atoms with van der Waals surface area (Å²) in [5.74, 6) is 0.764. The summed E-state index contributed by atoms with van der Waals surface area (Å²) in [7, 11) is 0. The Bertz CT molecular complexity index is 747. The number of carbonyl (C=O) groups excluding carboxylic acids is 1. The summed E-state index contributed by atoms with van der Waals surface area (Å²) in [5, 5.41) is 10.3. The molecule has 1 unspecified atom stereocenters. The molecule has 1 N–H and O–H groups in total. The van der Waals surface area contributed by atoms with Crippen LogP contribution in [0.4, 0.5) is 0 Å². The van der Waals surface area contributed by atoms with Crippen LogP contribution in [0, 0.1) is 0 Å². The van der Waals surface area contributed by atoms with E-state index < -0.39 is 5.60 Å². The third kappa shape index (κ3) is 3.45. The number of Topliss-reactive ketones (excluding diaryl/α,β-unsaturated/α-hetero) is 1. The van der Waals surface area contributed by atoms with Gasteiger partial charge in [-0.1, -0.05) is 37.3 Å². The van der Waals surface area contributed by atoms with Crippen LogP contribution < -0.4 is 4.74 Å². The van der Waals surface area contributed by atoms with Crippen LogP contribution in [-0.4, -0.2) is 16.5 Å². The molecule has 0 fully saturated rings. The first kappa shape index (κ1) is 16.6. The molecule has 126 valence electrons. The summed E-state index contributed by atoms with van der Waals surface area (Å²) < 4.78 is 5.94. The zero-order chi connectivity index (χ0) is 17.3. The molecule has 0 bridgehead atoms. The molecule has 0 radical (unpaired) electrons. The van der Waals surface area contributed by atoms with Crippen LogP contribution in [0.25, 0.3) is 0 Å². The van der Waals surface area contributed by atoms with E-state index >= 15 is 0 Å². The average Bonchev–Trinajstić information content (AvgIpc) is 2.51. The molecule has 3 rings (SSSR count). The highest BCUT2D eigenvalue weighted by molar-refractivity contribution is 6.02. The molecule has 2 aromatic rings. The van der Waals surface area contributed by atoms with Crippen molar-refractivity contribution in [1.29, 1.82) is 0 Å². The number of benzene rings is 2. The molecule has 0 amide bonds. The van der Waals surface area contributed by atoms with Crippen molar-refractivity contribution in [1.82, 2.24) is 0 Å². The van der Waals surface area contributed by atoms with Crippen molar-refractivity contribution in [3.8, 4) is 11.5 Å². The molecule has 1 aliphatic rings. The quantitative estimate of drug-likeness (QED) is 0.872. The van der Waals surface area contributed by atoms with Gasteiger partial charge in [0.25, 0.3) is 0 Å². The van der Waals surface area contributed by atoms with E-state index in [1.807, 2.05) is 38.1 Å². The smallest absolute Gasteiger partial charge is 0.174 e. The van der Waals surface area contributed by atoms with Gasteiger partial charge in [0.15, 0.2) is 5.78 Å². The second kappa shape index (κ2) is 6.31. The van der Waals surface area contributed by atoms with Crippen molar-refractivity contribution in [3.63, 3.8) is 0 Å². The fourth-order valence-corrected chi connectivity index (χ4v) is 3.27. The van der Waals surface area contributed by atoms with Gasteiger partial charge in [-0.15, -0.1) is 0 Å². The number of carbonyl (C=O) groups is 1. The summed E-state index contributed by atoms with van der Waals surface area (Å²) in [4.78, 5) is 12.3. The SMILES string of the molecule is CC(CCc1ccccc1)c1cc(O)c2c(c1)OC(C)(C)CC2=O. The van der Waals surface area contributed by atoms with E-state index in [9.17, 15) is 9.90 Å². The van der Waals surface area contributed by atoms with E-state index in [0.29, 0.717) is 11.3 Å². The van der Waals surface area contributed by atoms with Gasteiger partial charge in [0.1, 0.15) is 22.7 Å². The second-order valence-electron chi connectivity index (χ2n) is 7.30. The summed E-state index contributed by atoms with van der Waals surface area (Å²) in [5.41, 5.74) is 2.11. The van der Waals surface area contributed by atoms with Crippen molar-refractivity contribution in [2.24, 2.45) is 0 Å². The number of aryl methyl sites for hydroxylation is 1. The fraction of sp³-hybridized carbons (Fsp3) is 0.381. The van der Waals surface area contributed by atoms with Crippen LogP contribution in [0.15, 0.2) is 42.5 Å². The monoisotopic (exact) mass is 324 g/mol.